The number of carbonyl (C=O) groups excluding carboxylic acids is 1. The first-order valence-electron chi connectivity index (χ1n) is 6.51. The van der Waals surface area contributed by atoms with E-state index in [0.717, 1.165) is 16.5 Å². The Morgan fingerprint density at radius 3 is 3.10 bits per heavy atom. The molecule has 6 nitrogen and oxygen atoms in total. The lowest BCUT2D eigenvalue weighted by Gasteiger charge is -2.10. The fourth-order valence-corrected chi connectivity index (χ4v) is 3.03. The highest BCUT2D eigenvalue weighted by molar-refractivity contribution is 7.13. The Morgan fingerprint density at radius 2 is 2.43 bits per heavy atom. The van der Waals surface area contributed by atoms with Gasteiger partial charge in [-0.1, -0.05) is 0 Å². The molecule has 21 heavy (non-hydrogen) atoms. The number of rotatable bonds is 4. The van der Waals surface area contributed by atoms with E-state index in [1.54, 1.807) is 12.1 Å². The van der Waals surface area contributed by atoms with Crippen LogP contribution >= 0.6 is 11.5 Å². The van der Waals surface area contributed by atoms with Crippen molar-refractivity contribution in [2.45, 2.75) is 18.9 Å². The molecule has 7 heteroatoms. The first kappa shape index (κ1) is 13.6. The fourth-order valence-electron chi connectivity index (χ4n) is 2.28. The zero-order chi connectivity index (χ0) is 14.8. The summed E-state index contributed by atoms with van der Waals surface area (Å²) in [4.78, 5) is 11.2. The minimum absolute atomic E-state index is 0.0366. The van der Waals surface area contributed by atoms with Gasteiger partial charge in [0, 0.05) is 6.42 Å². The quantitative estimate of drug-likeness (QED) is 0.931. The van der Waals surface area contributed by atoms with E-state index in [9.17, 15) is 4.79 Å². The molecule has 0 spiro atoms. The Balaban J connectivity index is 1.83. The molecular formula is C14H13N3O3S. The number of hydrogen-bond acceptors (Lipinski definition) is 6. The number of hydrogen-bond donors (Lipinski definition) is 1. The molecule has 0 radical (unpaired) electrons. The molecule has 0 saturated carbocycles. The van der Waals surface area contributed by atoms with Gasteiger partial charge in [-0.15, -0.1) is 0 Å². The molecule has 1 aromatic carbocycles. The van der Waals surface area contributed by atoms with Crippen LogP contribution in [0.4, 0.5) is 0 Å². The van der Waals surface area contributed by atoms with Crippen LogP contribution in [-0.2, 0) is 4.79 Å². The van der Waals surface area contributed by atoms with E-state index >= 15 is 0 Å². The number of nitrogens with zero attached hydrogens (tertiary/aromatic N) is 2. The van der Waals surface area contributed by atoms with Crippen molar-refractivity contribution in [1.82, 2.24) is 9.69 Å². The van der Waals surface area contributed by atoms with Crippen LogP contribution in [0.15, 0.2) is 12.1 Å². The van der Waals surface area contributed by atoms with Gasteiger partial charge in [0.2, 0.25) is 11.8 Å². The number of methoxy groups -OCH3 is 1. The van der Waals surface area contributed by atoms with E-state index in [1.165, 1.54) is 18.6 Å². The SMILES string of the molecule is COc1cc2c(OCC3CCC(=O)N3)nsc2cc1C#N. The lowest BCUT2D eigenvalue weighted by atomic mass is 10.1. The molecule has 2 aromatic rings. The van der Waals surface area contributed by atoms with Gasteiger partial charge in [0.05, 0.1) is 28.8 Å². The molecule has 3 rings (SSSR count). The second-order valence-corrected chi connectivity index (χ2v) is 5.57. The lowest BCUT2D eigenvalue weighted by Crippen LogP contribution is -2.30. The molecule has 1 amide bonds. The number of nitrogens with one attached hydrogen (secondary N) is 1. The summed E-state index contributed by atoms with van der Waals surface area (Å²) in [5.41, 5.74) is 0.475. The van der Waals surface area contributed by atoms with E-state index in [2.05, 4.69) is 15.8 Å². The second-order valence-electron chi connectivity index (χ2n) is 4.76. The van der Waals surface area contributed by atoms with Crippen LogP contribution in [0.1, 0.15) is 18.4 Å². The first-order valence-corrected chi connectivity index (χ1v) is 7.28. The Labute approximate surface area is 125 Å². The summed E-state index contributed by atoms with van der Waals surface area (Å²) in [5.74, 6) is 1.08. The van der Waals surface area contributed by atoms with E-state index < -0.39 is 0 Å². The smallest absolute Gasteiger partial charge is 0.233 e. The van der Waals surface area contributed by atoms with E-state index in [-0.39, 0.29) is 11.9 Å². The third kappa shape index (κ3) is 2.62. The van der Waals surface area contributed by atoms with Crippen molar-refractivity contribution < 1.29 is 14.3 Å². The number of amides is 1. The van der Waals surface area contributed by atoms with Gasteiger partial charge in [0.15, 0.2) is 0 Å². The first-order chi connectivity index (χ1) is 10.2. The van der Waals surface area contributed by atoms with Gasteiger partial charge < -0.3 is 14.8 Å². The van der Waals surface area contributed by atoms with Gasteiger partial charge >= 0.3 is 0 Å². The molecule has 1 aliphatic heterocycles. The maximum Gasteiger partial charge on any atom is 0.233 e. The summed E-state index contributed by atoms with van der Waals surface area (Å²) >= 11 is 1.28. The standard InChI is InChI=1S/C14H13N3O3S/c1-19-11-5-10-12(4-8(11)6-15)21-17-14(10)20-7-9-2-3-13(18)16-9/h4-5,9H,2-3,7H2,1H3,(H,16,18). The molecule has 1 unspecified atom stereocenters. The Bertz CT molecular complexity index is 735. The van der Waals surface area contributed by atoms with Crippen LogP contribution in [0.5, 0.6) is 11.6 Å². The Morgan fingerprint density at radius 1 is 1.57 bits per heavy atom. The number of carbonyl (C=O) groups is 1. The van der Waals surface area contributed by atoms with Crippen molar-refractivity contribution in [2.24, 2.45) is 0 Å². The number of nitriles is 1. The van der Waals surface area contributed by atoms with Gasteiger partial charge in [-0.05, 0) is 30.1 Å². The molecule has 1 aliphatic rings. The van der Waals surface area contributed by atoms with Crippen molar-refractivity contribution in [3.05, 3.63) is 17.7 Å². The molecule has 1 saturated heterocycles. The third-order valence-electron chi connectivity index (χ3n) is 3.39. The van der Waals surface area contributed by atoms with Crippen LogP contribution in [-0.4, -0.2) is 30.0 Å². The van der Waals surface area contributed by atoms with Gasteiger partial charge in [0.25, 0.3) is 0 Å². The third-order valence-corrected chi connectivity index (χ3v) is 4.18. The van der Waals surface area contributed by atoms with Crippen molar-refractivity contribution >= 4 is 27.5 Å². The Kier molecular flexibility index (Phi) is 3.62. The largest absolute Gasteiger partial charge is 0.495 e. The zero-order valence-corrected chi connectivity index (χ0v) is 12.2. The summed E-state index contributed by atoms with van der Waals surface area (Å²) in [6.07, 6.45) is 1.33. The van der Waals surface area contributed by atoms with Crippen molar-refractivity contribution in [1.29, 1.82) is 5.26 Å². The maximum atomic E-state index is 11.2. The highest BCUT2D eigenvalue weighted by atomic mass is 32.1. The molecule has 1 fully saturated rings. The molecule has 1 atom stereocenters. The topological polar surface area (TPSA) is 84.2 Å². The molecule has 1 N–H and O–H groups in total. The second kappa shape index (κ2) is 5.58. The average molecular weight is 303 g/mol. The fraction of sp³-hybridized carbons (Fsp3) is 0.357. The summed E-state index contributed by atoms with van der Waals surface area (Å²) in [6.45, 7) is 0.396. The predicted molar refractivity (Wildman–Crippen MR) is 77.5 cm³/mol. The zero-order valence-electron chi connectivity index (χ0n) is 11.4. The Hall–Kier alpha value is -2.33. The van der Waals surface area contributed by atoms with Gasteiger partial charge in [-0.3, -0.25) is 4.79 Å². The van der Waals surface area contributed by atoms with Crippen LogP contribution in [0, 0.1) is 11.3 Å². The van der Waals surface area contributed by atoms with Gasteiger partial charge in [-0.25, -0.2) is 0 Å². The van der Waals surface area contributed by atoms with Crippen molar-refractivity contribution in [3.63, 3.8) is 0 Å². The van der Waals surface area contributed by atoms with Crippen LogP contribution in [0.2, 0.25) is 0 Å². The monoisotopic (exact) mass is 303 g/mol. The number of aromatic nitrogens is 1. The summed E-state index contributed by atoms with van der Waals surface area (Å²) in [7, 11) is 1.52. The summed E-state index contributed by atoms with van der Waals surface area (Å²) in [6, 6.07) is 5.64. The highest BCUT2D eigenvalue weighted by Gasteiger charge is 2.22. The molecular weight excluding hydrogens is 290 g/mol. The molecule has 108 valence electrons. The summed E-state index contributed by atoms with van der Waals surface area (Å²) < 4.78 is 16.1. The van der Waals surface area contributed by atoms with E-state index in [1.807, 2.05) is 0 Å². The van der Waals surface area contributed by atoms with E-state index in [0.29, 0.717) is 30.2 Å². The molecule has 1 aromatic heterocycles. The van der Waals surface area contributed by atoms with Crippen LogP contribution in [0.3, 0.4) is 0 Å². The van der Waals surface area contributed by atoms with Gasteiger partial charge in [0.1, 0.15) is 18.4 Å². The van der Waals surface area contributed by atoms with Crippen LogP contribution < -0.4 is 14.8 Å². The average Bonchev–Trinajstić information content (AvgIpc) is 3.09. The number of benzene rings is 1. The lowest BCUT2D eigenvalue weighted by molar-refractivity contribution is -0.119. The van der Waals surface area contributed by atoms with E-state index in [4.69, 9.17) is 14.7 Å². The molecule has 0 aliphatic carbocycles. The molecule has 2 heterocycles. The minimum Gasteiger partial charge on any atom is -0.495 e. The van der Waals surface area contributed by atoms with Crippen molar-refractivity contribution in [3.8, 4) is 17.7 Å². The highest BCUT2D eigenvalue weighted by Crippen LogP contribution is 2.34. The van der Waals surface area contributed by atoms with Crippen molar-refractivity contribution in [2.75, 3.05) is 13.7 Å². The summed E-state index contributed by atoms with van der Waals surface area (Å²) in [5, 5.41) is 12.7. The number of fused-ring (bicyclic) bond motifs is 1. The van der Waals surface area contributed by atoms with Gasteiger partial charge in [-0.2, -0.15) is 9.64 Å². The van der Waals surface area contributed by atoms with Crippen LogP contribution in [0.25, 0.3) is 10.1 Å². The number of ether oxygens (including phenoxy) is 2. The molecule has 0 bridgehead atoms. The minimum atomic E-state index is 0.0366. The normalized spacial score (nSPS) is 17.5. The maximum absolute atomic E-state index is 11.2. The predicted octanol–water partition coefficient (Wildman–Crippen LogP) is 1.83.